The number of aromatic nitrogens is 1. The summed E-state index contributed by atoms with van der Waals surface area (Å²) < 4.78 is 13.9. The summed E-state index contributed by atoms with van der Waals surface area (Å²) in [6.07, 6.45) is 3.80. The first-order chi connectivity index (χ1) is 9.20. The predicted molar refractivity (Wildman–Crippen MR) is 81.0 cm³/mol. The van der Waals surface area contributed by atoms with Crippen molar-refractivity contribution in [1.29, 1.82) is 0 Å². The lowest BCUT2D eigenvalue weighted by molar-refractivity contribution is 0.534. The zero-order valence-electron chi connectivity index (χ0n) is 10.7. The number of thiazole rings is 1. The molecule has 19 heavy (non-hydrogen) atoms. The maximum absolute atomic E-state index is 13.1. The molecule has 0 aliphatic carbocycles. The molecule has 0 radical (unpaired) electrons. The third-order valence-electron chi connectivity index (χ3n) is 2.87. The van der Waals surface area contributed by atoms with Gasteiger partial charge < -0.3 is 5.32 Å². The molecular formula is C14H16BrFN2S. The Morgan fingerprint density at radius 1 is 1.47 bits per heavy atom. The second kappa shape index (κ2) is 7.12. The van der Waals surface area contributed by atoms with Crippen LogP contribution in [0.2, 0.25) is 0 Å². The highest BCUT2D eigenvalue weighted by Gasteiger charge is 2.15. The molecule has 1 heterocycles. The minimum Gasteiger partial charge on any atom is -0.309 e. The molecule has 1 N–H and O–H groups in total. The lowest BCUT2D eigenvalue weighted by Gasteiger charge is -2.17. The molecule has 1 aromatic heterocycles. The molecule has 0 amide bonds. The van der Waals surface area contributed by atoms with E-state index in [1.165, 1.54) is 17.0 Å². The SMILES string of the molecule is CCCNC(Cc1ccc(F)cc1Br)c1cncs1. The van der Waals surface area contributed by atoms with Crippen LogP contribution in [-0.4, -0.2) is 11.5 Å². The number of nitrogens with zero attached hydrogens (tertiary/aromatic N) is 1. The van der Waals surface area contributed by atoms with Gasteiger partial charge >= 0.3 is 0 Å². The van der Waals surface area contributed by atoms with E-state index in [9.17, 15) is 4.39 Å². The maximum atomic E-state index is 13.1. The van der Waals surface area contributed by atoms with Crippen molar-refractivity contribution in [3.63, 3.8) is 0 Å². The Morgan fingerprint density at radius 2 is 2.32 bits per heavy atom. The van der Waals surface area contributed by atoms with Gasteiger partial charge in [-0.2, -0.15) is 0 Å². The van der Waals surface area contributed by atoms with E-state index in [1.54, 1.807) is 11.3 Å². The van der Waals surface area contributed by atoms with Crippen LogP contribution in [0.4, 0.5) is 4.39 Å². The Bertz CT molecular complexity index is 516. The van der Waals surface area contributed by atoms with Gasteiger partial charge in [0.15, 0.2) is 0 Å². The van der Waals surface area contributed by atoms with E-state index in [0.717, 1.165) is 29.4 Å². The average Bonchev–Trinajstić information content (AvgIpc) is 2.90. The van der Waals surface area contributed by atoms with Crippen LogP contribution >= 0.6 is 27.3 Å². The normalized spacial score (nSPS) is 12.6. The topological polar surface area (TPSA) is 24.9 Å². The summed E-state index contributed by atoms with van der Waals surface area (Å²) in [5.41, 5.74) is 2.94. The summed E-state index contributed by atoms with van der Waals surface area (Å²) in [7, 11) is 0. The summed E-state index contributed by atoms with van der Waals surface area (Å²) in [4.78, 5) is 5.35. The molecule has 1 unspecified atom stereocenters. The number of hydrogen-bond donors (Lipinski definition) is 1. The molecule has 0 saturated heterocycles. The third-order valence-corrected chi connectivity index (χ3v) is 4.50. The molecule has 0 saturated carbocycles. The van der Waals surface area contributed by atoms with E-state index in [0.29, 0.717) is 0 Å². The van der Waals surface area contributed by atoms with E-state index < -0.39 is 0 Å². The molecule has 2 aromatic rings. The van der Waals surface area contributed by atoms with Crippen molar-refractivity contribution in [1.82, 2.24) is 10.3 Å². The molecule has 1 atom stereocenters. The first-order valence-electron chi connectivity index (χ1n) is 6.26. The minimum absolute atomic E-state index is 0.216. The van der Waals surface area contributed by atoms with Gasteiger partial charge in [0.25, 0.3) is 0 Å². The summed E-state index contributed by atoms with van der Waals surface area (Å²) in [6.45, 7) is 3.10. The minimum atomic E-state index is -0.216. The van der Waals surface area contributed by atoms with Gasteiger partial charge in [0, 0.05) is 21.6 Å². The van der Waals surface area contributed by atoms with Crippen LogP contribution in [0, 0.1) is 5.82 Å². The lowest BCUT2D eigenvalue weighted by atomic mass is 10.0. The smallest absolute Gasteiger partial charge is 0.124 e. The first-order valence-corrected chi connectivity index (χ1v) is 7.93. The van der Waals surface area contributed by atoms with Crippen LogP contribution < -0.4 is 5.32 Å². The van der Waals surface area contributed by atoms with Crippen LogP contribution in [0.3, 0.4) is 0 Å². The number of nitrogens with one attached hydrogen (secondary N) is 1. The van der Waals surface area contributed by atoms with Gasteiger partial charge in [0.1, 0.15) is 5.82 Å². The Labute approximate surface area is 125 Å². The second-order valence-corrected chi connectivity index (χ2v) is 6.12. The van der Waals surface area contributed by atoms with Crippen molar-refractivity contribution in [2.45, 2.75) is 25.8 Å². The molecule has 1 aromatic carbocycles. The third kappa shape index (κ3) is 4.09. The fourth-order valence-electron chi connectivity index (χ4n) is 1.90. The lowest BCUT2D eigenvalue weighted by Crippen LogP contribution is -2.23. The highest BCUT2D eigenvalue weighted by atomic mass is 79.9. The predicted octanol–water partition coefficient (Wildman–Crippen LogP) is 4.33. The molecule has 0 fully saturated rings. The Balaban J connectivity index is 2.15. The molecule has 0 bridgehead atoms. The largest absolute Gasteiger partial charge is 0.309 e. The van der Waals surface area contributed by atoms with Crippen molar-refractivity contribution in [3.8, 4) is 0 Å². The molecule has 0 aliphatic rings. The number of hydrogen-bond acceptors (Lipinski definition) is 3. The van der Waals surface area contributed by atoms with Crippen LogP contribution in [0.1, 0.15) is 29.8 Å². The zero-order chi connectivity index (χ0) is 13.7. The molecule has 2 rings (SSSR count). The van der Waals surface area contributed by atoms with E-state index in [-0.39, 0.29) is 11.9 Å². The van der Waals surface area contributed by atoms with E-state index in [1.807, 2.05) is 17.8 Å². The van der Waals surface area contributed by atoms with Gasteiger partial charge in [0.2, 0.25) is 0 Å². The Hall–Kier alpha value is -0.780. The van der Waals surface area contributed by atoms with E-state index in [2.05, 4.69) is 33.2 Å². The van der Waals surface area contributed by atoms with Gasteiger partial charge in [-0.15, -0.1) is 11.3 Å². The fourth-order valence-corrected chi connectivity index (χ4v) is 3.11. The van der Waals surface area contributed by atoms with Gasteiger partial charge in [-0.1, -0.05) is 28.9 Å². The van der Waals surface area contributed by atoms with Crippen LogP contribution in [0.25, 0.3) is 0 Å². The molecule has 102 valence electrons. The average molecular weight is 343 g/mol. The second-order valence-electron chi connectivity index (χ2n) is 4.35. The Morgan fingerprint density at radius 3 is 2.95 bits per heavy atom. The van der Waals surface area contributed by atoms with Gasteiger partial charge in [-0.05, 0) is 37.1 Å². The summed E-state index contributed by atoms with van der Waals surface area (Å²) in [5, 5.41) is 3.52. The first kappa shape index (κ1) is 14.6. The number of rotatable bonds is 6. The summed E-state index contributed by atoms with van der Waals surface area (Å²) >= 11 is 5.07. The van der Waals surface area contributed by atoms with Gasteiger partial charge in [0.05, 0.1) is 5.51 Å². The standard InChI is InChI=1S/C14H16BrFN2S/c1-2-5-18-13(14-8-17-9-19-14)6-10-3-4-11(16)7-12(10)15/h3-4,7-9,13,18H,2,5-6H2,1H3. The highest BCUT2D eigenvalue weighted by molar-refractivity contribution is 9.10. The van der Waals surface area contributed by atoms with Crippen molar-refractivity contribution < 1.29 is 4.39 Å². The summed E-state index contributed by atoms with van der Waals surface area (Å²) in [6, 6.07) is 5.08. The van der Waals surface area contributed by atoms with Gasteiger partial charge in [-0.25, -0.2) is 4.39 Å². The van der Waals surface area contributed by atoms with E-state index >= 15 is 0 Å². The maximum Gasteiger partial charge on any atom is 0.124 e. The number of halogens is 2. The molecule has 0 aliphatic heterocycles. The Kier molecular flexibility index (Phi) is 5.48. The van der Waals surface area contributed by atoms with Crippen LogP contribution in [0.5, 0.6) is 0 Å². The molecule has 2 nitrogen and oxygen atoms in total. The summed E-state index contributed by atoms with van der Waals surface area (Å²) in [5.74, 6) is -0.216. The monoisotopic (exact) mass is 342 g/mol. The van der Waals surface area contributed by atoms with Crippen LogP contribution in [0.15, 0.2) is 34.4 Å². The van der Waals surface area contributed by atoms with Crippen molar-refractivity contribution in [3.05, 3.63) is 50.6 Å². The van der Waals surface area contributed by atoms with Gasteiger partial charge in [-0.3, -0.25) is 4.98 Å². The molecule has 0 spiro atoms. The molecular weight excluding hydrogens is 327 g/mol. The quantitative estimate of drug-likeness (QED) is 0.845. The van der Waals surface area contributed by atoms with Crippen molar-refractivity contribution in [2.24, 2.45) is 0 Å². The van der Waals surface area contributed by atoms with Crippen molar-refractivity contribution >= 4 is 27.3 Å². The number of benzene rings is 1. The highest BCUT2D eigenvalue weighted by Crippen LogP contribution is 2.26. The van der Waals surface area contributed by atoms with E-state index in [4.69, 9.17) is 0 Å². The molecule has 5 heteroatoms. The fraction of sp³-hybridized carbons (Fsp3) is 0.357. The zero-order valence-corrected chi connectivity index (χ0v) is 13.1. The van der Waals surface area contributed by atoms with Crippen molar-refractivity contribution in [2.75, 3.05) is 6.54 Å². The van der Waals surface area contributed by atoms with Crippen LogP contribution in [-0.2, 0) is 6.42 Å².